The molecule has 9 nitrogen and oxygen atoms in total. The molecule has 4 rings (SSSR count). The van der Waals surface area contributed by atoms with Gasteiger partial charge in [-0.2, -0.15) is 5.10 Å². The van der Waals surface area contributed by atoms with E-state index in [1.165, 1.54) is 12.1 Å². The van der Waals surface area contributed by atoms with Crippen LogP contribution in [0.4, 0.5) is 18.9 Å². The number of ether oxygens (including phenoxy) is 2. The summed E-state index contributed by atoms with van der Waals surface area (Å²) in [5.74, 6) is 0.386. The van der Waals surface area contributed by atoms with Crippen LogP contribution >= 0.6 is 11.6 Å². The zero-order valence-electron chi connectivity index (χ0n) is 20.1. The molecule has 2 aromatic heterocycles. The van der Waals surface area contributed by atoms with E-state index >= 15 is 0 Å². The minimum absolute atomic E-state index is 0.0762. The lowest BCUT2D eigenvalue weighted by atomic mass is 10.2. The molecule has 2 aromatic carbocycles. The molecule has 0 radical (unpaired) electrons. The molecule has 0 amide bonds. The van der Waals surface area contributed by atoms with Crippen LogP contribution in [0.1, 0.15) is 24.2 Å². The lowest BCUT2D eigenvalue weighted by molar-refractivity contribution is -0.274. The fourth-order valence-electron chi connectivity index (χ4n) is 3.78. The maximum atomic E-state index is 12.3. The lowest BCUT2D eigenvalue weighted by Crippen LogP contribution is -2.18. The molecule has 37 heavy (non-hydrogen) atoms. The van der Waals surface area contributed by atoms with Crippen molar-refractivity contribution in [3.05, 3.63) is 59.3 Å². The van der Waals surface area contributed by atoms with E-state index in [-0.39, 0.29) is 5.02 Å². The molecule has 0 fully saturated rings. The largest absolute Gasteiger partial charge is 0.573 e. The Labute approximate surface area is 216 Å². The fraction of sp³-hybridized carbons (Fsp3) is 0.375. The molecule has 0 spiro atoms. The predicted molar refractivity (Wildman–Crippen MR) is 134 cm³/mol. The van der Waals surface area contributed by atoms with Crippen molar-refractivity contribution < 1.29 is 22.6 Å². The molecule has 13 heteroatoms. The second-order valence-electron chi connectivity index (χ2n) is 8.31. The number of nitrogens with one attached hydrogen (secondary N) is 3. The molecule has 4 aromatic rings. The van der Waals surface area contributed by atoms with Crippen LogP contribution in [0.15, 0.2) is 42.9 Å². The number of halogens is 4. The summed E-state index contributed by atoms with van der Waals surface area (Å²) in [4.78, 5) is 0. The number of nitrogens with zero attached hydrogens (tertiary/aromatic N) is 4. The molecule has 0 saturated heterocycles. The highest BCUT2D eigenvalue weighted by Gasteiger charge is 2.32. The molecular formula is C24H27ClF3N7O2. The SMILES string of the molecule is Cc1nncn1-c1cc(NCCOCCCCNCc2ccc(OC(F)(F)F)c(Cl)c2)c2cn[nH]c2c1. The van der Waals surface area contributed by atoms with Crippen LogP contribution in [0.2, 0.25) is 5.02 Å². The molecule has 0 aliphatic heterocycles. The Hall–Kier alpha value is -3.35. The van der Waals surface area contributed by atoms with Crippen LogP contribution in [0.25, 0.3) is 16.6 Å². The number of unbranched alkanes of at least 4 members (excludes halogenated alkanes) is 1. The third kappa shape index (κ3) is 7.57. The van der Waals surface area contributed by atoms with Crippen LogP contribution in [-0.2, 0) is 11.3 Å². The monoisotopic (exact) mass is 537 g/mol. The number of alkyl halides is 3. The molecule has 0 bridgehead atoms. The van der Waals surface area contributed by atoms with Gasteiger partial charge in [-0.05, 0) is 56.1 Å². The molecule has 198 valence electrons. The highest BCUT2D eigenvalue weighted by molar-refractivity contribution is 6.32. The van der Waals surface area contributed by atoms with Gasteiger partial charge in [-0.25, -0.2) is 0 Å². The molecule has 0 aliphatic rings. The third-order valence-corrected chi connectivity index (χ3v) is 5.84. The quantitative estimate of drug-likeness (QED) is 0.206. The van der Waals surface area contributed by atoms with E-state index in [2.05, 4.69) is 35.8 Å². The number of hydrogen-bond donors (Lipinski definition) is 3. The van der Waals surface area contributed by atoms with E-state index in [4.69, 9.17) is 16.3 Å². The summed E-state index contributed by atoms with van der Waals surface area (Å²) in [5, 5.41) is 22.7. The van der Waals surface area contributed by atoms with Gasteiger partial charge >= 0.3 is 6.36 Å². The average Bonchev–Trinajstić information content (AvgIpc) is 3.49. The Kier molecular flexibility index (Phi) is 8.85. The zero-order valence-corrected chi connectivity index (χ0v) is 20.9. The van der Waals surface area contributed by atoms with Crippen molar-refractivity contribution in [3.8, 4) is 11.4 Å². The smallest absolute Gasteiger partial charge is 0.404 e. The Morgan fingerprint density at radius 1 is 1.11 bits per heavy atom. The van der Waals surface area contributed by atoms with Crippen molar-refractivity contribution >= 4 is 28.2 Å². The topological polar surface area (TPSA) is 102 Å². The molecular weight excluding hydrogens is 511 g/mol. The van der Waals surface area contributed by atoms with Crippen LogP contribution in [0, 0.1) is 6.92 Å². The van der Waals surface area contributed by atoms with Crippen molar-refractivity contribution in [1.82, 2.24) is 30.3 Å². The molecule has 3 N–H and O–H groups in total. The van der Waals surface area contributed by atoms with Gasteiger partial charge in [-0.15, -0.1) is 23.4 Å². The summed E-state index contributed by atoms with van der Waals surface area (Å²) in [7, 11) is 0. The van der Waals surface area contributed by atoms with Gasteiger partial charge in [0.05, 0.1) is 29.0 Å². The van der Waals surface area contributed by atoms with Crippen LogP contribution < -0.4 is 15.4 Å². The van der Waals surface area contributed by atoms with Crippen LogP contribution in [0.5, 0.6) is 5.75 Å². The van der Waals surface area contributed by atoms with E-state index in [0.717, 1.165) is 53.1 Å². The molecule has 2 heterocycles. The number of aromatic amines is 1. The predicted octanol–water partition coefficient (Wildman–Crippen LogP) is 5.00. The fourth-order valence-corrected chi connectivity index (χ4v) is 4.02. The standard InChI is InChI=1S/C24H27ClF3N7O2/c1-16-33-32-15-35(16)18-11-21(19-14-31-34-22(19)12-18)30-7-9-36-8-3-2-6-29-13-17-4-5-23(20(25)10-17)37-24(26,27)28/h4-5,10-12,14-15,29-30H,2-3,6-9,13H2,1H3,(H,31,34). The Morgan fingerprint density at radius 3 is 2.73 bits per heavy atom. The van der Waals surface area contributed by atoms with E-state index < -0.39 is 12.1 Å². The Balaban J connectivity index is 1.12. The maximum absolute atomic E-state index is 12.3. The first-order valence-corrected chi connectivity index (χ1v) is 12.1. The first-order valence-electron chi connectivity index (χ1n) is 11.7. The van der Waals surface area contributed by atoms with Crippen LogP contribution in [0.3, 0.4) is 0 Å². The van der Waals surface area contributed by atoms with E-state index in [9.17, 15) is 13.2 Å². The maximum Gasteiger partial charge on any atom is 0.573 e. The van der Waals surface area contributed by atoms with Gasteiger partial charge in [0, 0.05) is 30.8 Å². The van der Waals surface area contributed by atoms with Gasteiger partial charge < -0.3 is 20.1 Å². The number of benzene rings is 2. The third-order valence-electron chi connectivity index (χ3n) is 5.54. The summed E-state index contributed by atoms with van der Waals surface area (Å²) in [6.07, 6.45) is 0.462. The number of anilines is 1. The number of aromatic nitrogens is 5. The van der Waals surface area contributed by atoms with Crippen molar-refractivity contribution in [1.29, 1.82) is 0 Å². The number of fused-ring (bicyclic) bond motifs is 1. The van der Waals surface area contributed by atoms with Gasteiger partial charge in [-0.3, -0.25) is 9.67 Å². The zero-order chi connectivity index (χ0) is 26.3. The Morgan fingerprint density at radius 2 is 1.97 bits per heavy atom. The summed E-state index contributed by atoms with van der Waals surface area (Å²) in [6, 6.07) is 8.27. The summed E-state index contributed by atoms with van der Waals surface area (Å²) in [5.41, 5.74) is 3.56. The van der Waals surface area contributed by atoms with Gasteiger partial charge in [0.1, 0.15) is 17.9 Å². The molecule has 0 atom stereocenters. The van der Waals surface area contributed by atoms with Crippen molar-refractivity contribution in [2.45, 2.75) is 32.7 Å². The average molecular weight is 538 g/mol. The second-order valence-corrected chi connectivity index (χ2v) is 8.72. The summed E-state index contributed by atoms with van der Waals surface area (Å²) in [6.45, 7) is 4.94. The minimum Gasteiger partial charge on any atom is -0.404 e. The van der Waals surface area contributed by atoms with E-state index in [0.29, 0.717) is 26.3 Å². The van der Waals surface area contributed by atoms with Crippen molar-refractivity contribution in [3.63, 3.8) is 0 Å². The summed E-state index contributed by atoms with van der Waals surface area (Å²) >= 11 is 5.87. The van der Waals surface area contributed by atoms with Gasteiger partial charge in [0.25, 0.3) is 0 Å². The number of hydrogen-bond acceptors (Lipinski definition) is 7. The van der Waals surface area contributed by atoms with E-state index in [1.807, 2.05) is 23.6 Å². The highest BCUT2D eigenvalue weighted by Crippen LogP contribution is 2.30. The minimum atomic E-state index is -4.77. The lowest BCUT2D eigenvalue weighted by Gasteiger charge is -2.12. The van der Waals surface area contributed by atoms with Crippen molar-refractivity contribution in [2.24, 2.45) is 0 Å². The number of H-pyrrole nitrogens is 1. The molecule has 0 saturated carbocycles. The first kappa shape index (κ1) is 26.7. The van der Waals surface area contributed by atoms with E-state index in [1.54, 1.807) is 18.6 Å². The van der Waals surface area contributed by atoms with Gasteiger partial charge in [0.2, 0.25) is 0 Å². The van der Waals surface area contributed by atoms with Crippen LogP contribution in [-0.4, -0.2) is 57.6 Å². The normalized spacial score (nSPS) is 11.8. The molecule has 0 aliphatic carbocycles. The van der Waals surface area contributed by atoms with Gasteiger partial charge in [0.15, 0.2) is 0 Å². The van der Waals surface area contributed by atoms with Crippen molar-refractivity contribution in [2.75, 3.05) is 31.6 Å². The number of rotatable bonds is 13. The highest BCUT2D eigenvalue weighted by atomic mass is 35.5. The second kappa shape index (κ2) is 12.3. The Bertz CT molecular complexity index is 1310. The molecule has 0 unspecified atom stereocenters. The number of aryl methyl sites for hydroxylation is 1. The summed E-state index contributed by atoms with van der Waals surface area (Å²) < 4.78 is 48.5. The first-order chi connectivity index (χ1) is 17.8. The van der Waals surface area contributed by atoms with Gasteiger partial charge in [-0.1, -0.05) is 17.7 Å².